The Kier molecular flexibility index (Phi) is 8.94. The number of aliphatic hydroxyl groups is 1. The number of amides is 1. The van der Waals surface area contributed by atoms with Crippen molar-refractivity contribution < 1.29 is 41.8 Å². The van der Waals surface area contributed by atoms with Crippen LogP contribution in [0.1, 0.15) is 38.6 Å². The second-order valence-corrected chi connectivity index (χ2v) is 11.1. The molecular weight excluding hydrogens is 622 g/mol. The Bertz CT molecular complexity index is 2040. The molecule has 0 radical (unpaired) electrons. The smallest absolute Gasteiger partial charge is 0.454 e. The average molecular weight is 655 g/mol. The van der Waals surface area contributed by atoms with Crippen LogP contribution in [0.2, 0.25) is 0 Å². The maximum atomic E-state index is 16.3. The van der Waals surface area contributed by atoms with Gasteiger partial charge in [0, 0.05) is 43.0 Å². The number of aliphatic hydroxyl groups excluding tert-OH is 1. The fourth-order valence-electron chi connectivity index (χ4n) is 5.56. The molecule has 1 saturated heterocycles. The second-order valence-electron chi connectivity index (χ2n) is 11.1. The summed E-state index contributed by atoms with van der Waals surface area (Å²) in [6, 6.07) is 1.94. The van der Waals surface area contributed by atoms with E-state index in [0.29, 0.717) is 0 Å². The van der Waals surface area contributed by atoms with E-state index in [0.717, 1.165) is 12.3 Å². The first kappa shape index (κ1) is 32.9. The summed E-state index contributed by atoms with van der Waals surface area (Å²) in [4.78, 5) is 54.1. The topological polar surface area (TPSA) is 171 Å². The first-order valence-electron chi connectivity index (χ1n) is 14.4. The van der Waals surface area contributed by atoms with Gasteiger partial charge in [-0.05, 0) is 32.9 Å². The number of hydrogen-bond acceptors (Lipinski definition) is 11. The molecule has 0 spiro atoms. The van der Waals surface area contributed by atoms with E-state index in [1.54, 1.807) is 18.9 Å². The van der Waals surface area contributed by atoms with E-state index in [9.17, 15) is 28.7 Å². The second kappa shape index (κ2) is 12.7. The average Bonchev–Trinajstić information content (AvgIpc) is 3.35. The Morgan fingerprint density at radius 1 is 1.15 bits per heavy atom. The SMILES string of the molecule is C=CCOC(=O)N(C)C1CN(c2c(F)c(C)c3c(=O)c(C(=O)OCc4oc(=O)oc4C)cn(-c4cc(N)c(F)cc4CO)c3c2C)C1. The van der Waals surface area contributed by atoms with Crippen molar-refractivity contribution in [1.82, 2.24) is 9.47 Å². The molecule has 1 aliphatic heterocycles. The summed E-state index contributed by atoms with van der Waals surface area (Å²) in [7, 11) is 1.57. The van der Waals surface area contributed by atoms with E-state index in [4.69, 9.17) is 24.0 Å². The number of rotatable bonds is 9. The molecule has 2 aromatic carbocycles. The number of fused-ring (bicyclic) bond motifs is 1. The highest BCUT2D eigenvalue weighted by atomic mass is 19.1. The summed E-state index contributed by atoms with van der Waals surface area (Å²) in [5, 5.41) is 9.97. The van der Waals surface area contributed by atoms with E-state index >= 15 is 4.39 Å². The van der Waals surface area contributed by atoms with E-state index < -0.39 is 53.7 Å². The van der Waals surface area contributed by atoms with Crippen LogP contribution in [-0.4, -0.2) is 59.4 Å². The Balaban J connectivity index is 1.66. The van der Waals surface area contributed by atoms with Gasteiger partial charge in [0.15, 0.2) is 23.9 Å². The molecule has 248 valence electrons. The fourth-order valence-corrected chi connectivity index (χ4v) is 5.56. The molecule has 4 aromatic rings. The first-order valence-corrected chi connectivity index (χ1v) is 14.4. The van der Waals surface area contributed by atoms with Gasteiger partial charge in [-0.2, -0.15) is 0 Å². The number of benzene rings is 2. The molecule has 47 heavy (non-hydrogen) atoms. The maximum absolute atomic E-state index is 16.3. The van der Waals surface area contributed by atoms with Crippen molar-refractivity contribution in [2.75, 3.05) is 37.4 Å². The minimum absolute atomic E-state index is 0.0351. The molecule has 5 rings (SSSR count). The van der Waals surface area contributed by atoms with Gasteiger partial charge in [-0.25, -0.2) is 23.2 Å². The third kappa shape index (κ3) is 5.85. The summed E-state index contributed by atoms with van der Waals surface area (Å²) < 4.78 is 52.1. The van der Waals surface area contributed by atoms with Crippen molar-refractivity contribution in [1.29, 1.82) is 0 Å². The lowest BCUT2D eigenvalue weighted by atomic mass is 9.96. The van der Waals surface area contributed by atoms with E-state index in [-0.39, 0.29) is 81.9 Å². The number of aromatic nitrogens is 1. The molecule has 1 amide bonds. The number of carbonyl (C=O) groups is 2. The Hall–Kier alpha value is -5.44. The first-order chi connectivity index (χ1) is 22.3. The van der Waals surface area contributed by atoms with Crippen LogP contribution in [0.3, 0.4) is 0 Å². The van der Waals surface area contributed by atoms with Gasteiger partial charge in [0.2, 0.25) is 5.43 Å². The Morgan fingerprint density at radius 2 is 1.85 bits per heavy atom. The zero-order chi connectivity index (χ0) is 34.3. The molecule has 0 saturated carbocycles. The number of nitrogens with two attached hydrogens (primary N) is 1. The van der Waals surface area contributed by atoms with Crippen molar-refractivity contribution in [2.45, 2.75) is 40.0 Å². The van der Waals surface area contributed by atoms with E-state index in [1.165, 1.54) is 35.5 Å². The van der Waals surface area contributed by atoms with Crippen LogP contribution in [-0.2, 0) is 22.7 Å². The van der Waals surface area contributed by atoms with Gasteiger partial charge in [-0.1, -0.05) is 12.7 Å². The normalized spacial score (nSPS) is 13.0. The van der Waals surface area contributed by atoms with Crippen molar-refractivity contribution in [3.05, 3.63) is 97.2 Å². The number of likely N-dealkylation sites (N-methyl/N-ethyl adjacent to an activating group) is 1. The van der Waals surface area contributed by atoms with Crippen LogP contribution in [0.15, 0.2) is 49.4 Å². The molecule has 0 unspecified atom stereocenters. The number of aryl methyl sites for hydroxylation is 3. The summed E-state index contributed by atoms with van der Waals surface area (Å²) >= 11 is 0. The Morgan fingerprint density at radius 3 is 2.47 bits per heavy atom. The minimum Gasteiger partial charge on any atom is -0.454 e. The molecule has 0 aliphatic carbocycles. The highest BCUT2D eigenvalue weighted by molar-refractivity contribution is 5.98. The molecule has 0 atom stereocenters. The van der Waals surface area contributed by atoms with Crippen LogP contribution in [0.5, 0.6) is 0 Å². The molecule has 3 N–H and O–H groups in total. The van der Waals surface area contributed by atoms with E-state index in [1.807, 2.05) is 0 Å². The molecule has 15 heteroatoms. The molecule has 2 aromatic heterocycles. The quantitative estimate of drug-likeness (QED) is 0.154. The van der Waals surface area contributed by atoms with E-state index in [2.05, 4.69) is 6.58 Å². The fraction of sp³-hybridized carbons (Fsp3) is 0.312. The zero-order valence-corrected chi connectivity index (χ0v) is 26.0. The molecule has 1 aliphatic rings. The lowest BCUT2D eigenvalue weighted by molar-refractivity contribution is 0.0441. The van der Waals surface area contributed by atoms with Gasteiger partial charge in [-0.15, -0.1) is 0 Å². The predicted molar refractivity (Wildman–Crippen MR) is 166 cm³/mol. The standard InChI is InChI=1S/C32H32F2N4O9/c1-6-7-44-31(42)36(5)19-10-37(11-19)28-16(3)27-25(15(2)26(28)34)29(40)20(30(41)45-14-24-17(4)46-32(43)47-24)12-38(27)23-9-22(35)21(33)8-18(23)13-39/h6,8-9,12,19,39H,1,7,10-11,13-14,35H2,2-5H3. The molecular formula is C32H32F2N4O9. The van der Waals surface area contributed by atoms with Crippen LogP contribution in [0.25, 0.3) is 16.6 Å². The number of nitrogen functional groups attached to an aromatic ring is 1. The van der Waals surface area contributed by atoms with Crippen molar-refractivity contribution in [3.63, 3.8) is 0 Å². The van der Waals surface area contributed by atoms with Gasteiger partial charge in [0.05, 0.1) is 40.6 Å². The number of anilines is 2. The lowest BCUT2D eigenvalue weighted by Crippen LogP contribution is -2.60. The van der Waals surface area contributed by atoms with Gasteiger partial charge in [0.1, 0.15) is 18.0 Å². The van der Waals surface area contributed by atoms with Gasteiger partial charge in [-0.3, -0.25) is 4.79 Å². The highest BCUT2D eigenvalue weighted by Crippen LogP contribution is 2.38. The maximum Gasteiger partial charge on any atom is 0.519 e. The summed E-state index contributed by atoms with van der Waals surface area (Å²) in [5.74, 6) is -3.67. The molecule has 3 heterocycles. The largest absolute Gasteiger partial charge is 0.519 e. The van der Waals surface area contributed by atoms with Crippen LogP contribution in [0.4, 0.5) is 25.0 Å². The monoisotopic (exact) mass is 654 g/mol. The summed E-state index contributed by atoms with van der Waals surface area (Å²) in [6.45, 7) is 7.23. The van der Waals surface area contributed by atoms with Crippen LogP contribution >= 0.6 is 0 Å². The van der Waals surface area contributed by atoms with Crippen molar-refractivity contribution in [2.24, 2.45) is 0 Å². The zero-order valence-electron chi connectivity index (χ0n) is 26.0. The predicted octanol–water partition coefficient (Wildman–Crippen LogP) is 3.61. The molecule has 13 nitrogen and oxygen atoms in total. The summed E-state index contributed by atoms with van der Waals surface area (Å²) in [5.41, 5.74) is 4.92. The molecule has 0 bridgehead atoms. The van der Waals surface area contributed by atoms with Crippen molar-refractivity contribution in [3.8, 4) is 5.69 Å². The minimum atomic E-state index is -1.13. The number of pyridine rings is 1. The third-order valence-electron chi connectivity index (χ3n) is 8.19. The third-order valence-corrected chi connectivity index (χ3v) is 8.19. The number of halogens is 2. The van der Waals surface area contributed by atoms with Crippen LogP contribution < -0.4 is 21.9 Å². The number of carbonyl (C=O) groups excluding carboxylic acids is 2. The number of hydrogen-bond donors (Lipinski definition) is 2. The number of nitrogens with zero attached hydrogens (tertiary/aromatic N) is 3. The summed E-state index contributed by atoms with van der Waals surface area (Å²) in [6.07, 6.45) is 2.02. The Labute approximate surface area is 266 Å². The lowest BCUT2D eigenvalue weighted by Gasteiger charge is -2.45. The number of ether oxygens (including phenoxy) is 2. The van der Waals surface area contributed by atoms with Gasteiger partial charge < -0.3 is 43.5 Å². The van der Waals surface area contributed by atoms with Gasteiger partial charge in [0.25, 0.3) is 0 Å². The van der Waals surface area contributed by atoms with Crippen LogP contribution in [0, 0.1) is 32.4 Å². The highest BCUT2D eigenvalue weighted by Gasteiger charge is 2.37. The van der Waals surface area contributed by atoms with Crippen molar-refractivity contribution >= 4 is 34.3 Å². The van der Waals surface area contributed by atoms with Gasteiger partial charge >= 0.3 is 17.9 Å². The molecule has 1 fully saturated rings. The number of esters is 1.